The fourth-order valence-electron chi connectivity index (χ4n) is 3.04. The van der Waals surface area contributed by atoms with Gasteiger partial charge < -0.3 is 9.26 Å². The van der Waals surface area contributed by atoms with Crippen LogP contribution >= 0.6 is 0 Å². The number of nitrogens with zero attached hydrogens (tertiary/aromatic N) is 3. The highest BCUT2D eigenvalue weighted by molar-refractivity contribution is 7.89. The van der Waals surface area contributed by atoms with Crippen molar-refractivity contribution in [1.82, 2.24) is 14.4 Å². The standard InChI is InChI=1S/C20H21N3O4S/c1-14-3-4-17(13-15(14)2)20-21-19(22-27-20)16-5-7-18(8-6-16)28(24,25)23-9-11-26-12-10-23/h3-8,13H,9-12H2,1-2H3. The summed E-state index contributed by atoms with van der Waals surface area (Å²) in [5.74, 6) is 0.853. The van der Waals surface area contributed by atoms with Gasteiger partial charge in [-0.3, -0.25) is 0 Å². The third-order valence-electron chi connectivity index (χ3n) is 4.90. The summed E-state index contributed by atoms with van der Waals surface area (Å²) in [4.78, 5) is 4.70. The average Bonchev–Trinajstić information content (AvgIpc) is 3.21. The van der Waals surface area contributed by atoms with E-state index in [0.29, 0.717) is 43.6 Å². The van der Waals surface area contributed by atoms with Gasteiger partial charge in [0.25, 0.3) is 5.89 Å². The largest absolute Gasteiger partial charge is 0.379 e. The van der Waals surface area contributed by atoms with E-state index in [4.69, 9.17) is 9.26 Å². The van der Waals surface area contributed by atoms with E-state index in [2.05, 4.69) is 10.1 Å². The van der Waals surface area contributed by atoms with Crippen molar-refractivity contribution in [2.75, 3.05) is 26.3 Å². The molecule has 7 nitrogen and oxygen atoms in total. The molecule has 2 heterocycles. The Balaban J connectivity index is 1.57. The molecule has 4 rings (SSSR count). The Kier molecular flexibility index (Phi) is 5.01. The molecule has 0 spiro atoms. The van der Waals surface area contributed by atoms with E-state index < -0.39 is 10.0 Å². The summed E-state index contributed by atoms with van der Waals surface area (Å²) in [5.41, 5.74) is 3.89. The molecule has 0 N–H and O–H groups in total. The van der Waals surface area contributed by atoms with E-state index in [1.165, 1.54) is 9.87 Å². The van der Waals surface area contributed by atoms with Crippen molar-refractivity contribution in [3.63, 3.8) is 0 Å². The Morgan fingerprint density at radius 3 is 2.29 bits per heavy atom. The number of aromatic nitrogens is 2. The average molecular weight is 399 g/mol. The zero-order valence-corrected chi connectivity index (χ0v) is 16.6. The van der Waals surface area contributed by atoms with Gasteiger partial charge in [-0.15, -0.1) is 0 Å². The van der Waals surface area contributed by atoms with Crippen LogP contribution in [0, 0.1) is 13.8 Å². The number of sulfonamides is 1. The third kappa shape index (κ3) is 3.58. The fourth-order valence-corrected chi connectivity index (χ4v) is 4.45. The van der Waals surface area contributed by atoms with E-state index in [1.54, 1.807) is 24.3 Å². The van der Waals surface area contributed by atoms with E-state index >= 15 is 0 Å². The number of ether oxygens (including phenoxy) is 1. The fraction of sp³-hybridized carbons (Fsp3) is 0.300. The van der Waals surface area contributed by atoms with Crippen molar-refractivity contribution < 1.29 is 17.7 Å². The third-order valence-corrected chi connectivity index (χ3v) is 6.81. The predicted octanol–water partition coefficient (Wildman–Crippen LogP) is 3.04. The lowest BCUT2D eigenvalue weighted by atomic mass is 10.1. The molecular weight excluding hydrogens is 378 g/mol. The highest BCUT2D eigenvalue weighted by atomic mass is 32.2. The maximum absolute atomic E-state index is 12.7. The van der Waals surface area contributed by atoms with Gasteiger partial charge in [0.15, 0.2) is 0 Å². The van der Waals surface area contributed by atoms with Gasteiger partial charge in [0.1, 0.15) is 0 Å². The van der Waals surface area contributed by atoms with Crippen molar-refractivity contribution in [3.05, 3.63) is 53.6 Å². The number of aryl methyl sites for hydroxylation is 2. The Labute approximate surface area is 164 Å². The van der Waals surface area contributed by atoms with Crippen LogP contribution in [0.5, 0.6) is 0 Å². The SMILES string of the molecule is Cc1ccc(-c2nc(-c3ccc(S(=O)(=O)N4CCOCC4)cc3)no2)cc1C. The first kappa shape index (κ1) is 18.8. The van der Waals surface area contributed by atoms with E-state index in [0.717, 1.165) is 11.1 Å². The maximum atomic E-state index is 12.7. The molecule has 1 fully saturated rings. The first-order chi connectivity index (χ1) is 13.4. The van der Waals surface area contributed by atoms with Gasteiger partial charge >= 0.3 is 0 Å². The van der Waals surface area contributed by atoms with Crippen LogP contribution in [0.3, 0.4) is 0 Å². The molecule has 1 aliphatic rings. The van der Waals surface area contributed by atoms with Crippen molar-refractivity contribution in [2.45, 2.75) is 18.7 Å². The van der Waals surface area contributed by atoms with E-state index in [9.17, 15) is 8.42 Å². The molecular formula is C20H21N3O4S. The molecule has 0 amide bonds. The summed E-state index contributed by atoms with van der Waals surface area (Å²) in [6.07, 6.45) is 0. The summed E-state index contributed by atoms with van der Waals surface area (Å²) in [7, 11) is -3.52. The molecule has 1 aromatic heterocycles. The zero-order chi connectivity index (χ0) is 19.7. The monoisotopic (exact) mass is 399 g/mol. The highest BCUT2D eigenvalue weighted by Crippen LogP contribution is 2.25. The van der Waals surface area contributed by atoms with Gasteiger partial charge in [0.2, 0.25) is 15.8 Å². The van der Waals surface area contributed by atoms with Crippen molar-refractivity contribution in [1.29, 1.82) is 0 Å². The number of rotatable bonds is 4. The summed E-state index contributed by atoms with van der Waals surface area (Å²) in [5, 5.41) is 4.03. The lowest BCUT2D eigenvalue weighted by Crippen LogP contribution is -2.40. The van der Waals surface area contributed by atoms with Crippen molar-refractivity contribution in [2.24, 2.45) is 0 Å². The molecule has 1 saturated heterocycles. The van der Waals surface area contributed by atoms with Gasteiger partial charge in [0.05, 0.1) is 18.1 Å². The highest BCUT2D eigenvalue weighted by Gasteiger charge is 2.26. The molecule has 2 aromatic carbocycles. The van der Waals surface area contributed by atoms with Crippen molar-refractivity contribution in [3.8, 4) is 22.8 Å². The maximum Gasteiger partial charge on any atom is 0.258 e. The molecule has 0 radical (unpaired) electrons. The summed E-state index contributed by atoms with van der Waals surface area (Å²) < 4.78 is 37.5. The Morgan fingerprint density at radius 1 is 0.929 bits per heavy atom. The molecule has 3 aromatic rings. The lowest BCUT2D eigenvalue weighted by Gasteiger charge is -2.26. The normalized spacial score (nSPS) is 15.6. The molecule has 146 valence electrons. The molecule has 28 heavy (non-hydrogen) atoms. The van der Waals surface area contributed by atoms with E-state index in [1.807, 2.05) is 32.0 Å². The van der Waals surface area contributed by atoms with Crippen LogP contribution in [0.1, 0.15) is 11.1 Å². The summed E-state index contributed by atoms with van der Waals surface area (Å²) >= 11 is 0. The second-order valence-corrected chi connectivity index (χ2v) is 8.70. The Hall–Kier alpha value is -2.55. The minimum Gasteiger partial charge on any atom is -0.379 e. The van der Waals surface area contributed by atoms with Gasteiger partial charge in [-0.1, -0.05) is 11.2 Å². The zero-order valence-electron chi connectivity index (χ0n) is 15.8. The van der Waals surface area contributed by atoms with Crippen LogP contribution in [0.15, 0.2) is 51.9 Å². The number of hydrogen-bond acceptors (Lipinski definition) is 6. The lowest BCUT2D eigenvalue weighted by molar-refractivity contribution is 0.0730. The van der Waals surface area contributed by atoms with Crippen LogP contribution in [-0.2, 0) is 14.8 Å². The van der Waals surface area contributed by atoms with Gasteiger partial charge in [0, 0.05) is 24.2 Å². The van der Waals surface area contributed by atoms with Crippen LogP contribution in [0.4, 0.5) is 0 Å². The van der Waals surface area contributed by atoms with Crippen LogP contribution < -0.4 is 0 Å². The minimum atomic E-state index is -3.52. The summed E-state index contributed by atoms with van der Waals surface area (Å²) in [6, 6.07) is 12.5. The van der Waals surface area contributed by atoms with Gasteiger partial charge in [-0.05, 0) is 61.4 Å². The smallest absolute Gasteiger partial charge is 0.258 e. The Morgan fingerprint density at radius 2 is 1.61 bits per heavy atom. The predicted molar refractivity (Wildman–Crippen MR) is 104 cm³/mol. The molecule has 0 aliphatic carbocycles. The molecule has 1 aliphatic heterocycles. The number of morpholine rings is 1. The van der Waals surface area contributed by atoms with Crippen LogP contribution in [-0.4, -0.2) is 49.2 Å². The van der Waals surface area contributed by atoms with Crippen LogP contribution in [0.25, 0.3) is 22.8 Å². The second kappa shape index (κ2) is 7.46. The number of benzene rings is 2. The van der Waals surface area contributed by atoms with Gasteiger partial charge in [-0.25, -0.2) is 8.42 Å². The van der Waals surface area contributed by atoms with E-state index in [-0.39, 0.29) is 4.90 Å². The van der Waals surface area contributed by atoms with Crippen molar-refractivity contribution >= 4 is 10.0 Å². The molecule has 8 heteroatoms. The Bertz CT molecular complexity index is 1080. The summed E-state index contributed by atoms with van der Waals surface area (Å²) in [6.45, 7) is 5.65. The minimum absolute atomic E-state index is 0.246. The molecule has 0 bridgehead atoms. The number of hydrogen-bond donors (Lipinski definition) is 0. The van der Waals surface area contributed by atoms with Gasteiger partial charge in [-0.2, -0.15) is 9.29 Å². The first-order valence-electron chi connectivity index (χ1n) is 9.05. The molecule has 0 saturated carbocycles. The quantitative estimate of drug-likeness (QED) is 0.670. The molecule has 0 atom stereocenters. The second-order valence-electron chi connectivity index (χ2n) is 6.76. The van der Waals surface area contributed by atoms with Crippen LogP contribution in [0.2, 0.25) is 0 Å². The molecule has 0 unspecified atom stereocenters. The topological polar surface area (TPSA) is 85.5 Å². The first-order valence-corrected chi connectivity index (χ1v) is 10.5.